The van der Waals surface area contributed by atoms with Crippen LogP contribution in [0.3, 0.4) is 0 Å². The summed E-state index contributed by atoms with van der Waals surface area (Å²) < 4.78 is 10.9. The Morgan fingerprint density at radius 2 is 2.22 bits per heavy atom. The molecule has 1 aliphatic carbocycles. The summed E-state index contributed by atoms with van der Waals surface area (Å²) in [7, 11) is 0. The zero-order valence-electron chi connectivity index (χ0n) is 11.5. The molecule has 1 atom stereocenters. The molecule has 1 N–H and O–H groups in total. The van der Waals surface area contributed by atoms with Crippen molar-refractivity contribution < 1.29 is 9.26 Å². The molecule has 1 aromatic rings. The van der Waals surface area contributed by atoms with E-state index in [2.05, 4.69) is 29.3 Å². The van der Waals surface area contributed by atoms with Gasteiger partial charge in [0.1, 0.15) is 6.10 Å². The van der Waals surface area contributed by atoms with E-state index in [1.807, 2.05) is 6.92 Å². The molecule has 1 aromatic heterocycles. The molecule has 1 saturated carbocycles. The average molecular weight is 253 g/mol. The highest BCUT2D eigenvalue weighted by Crippen LogP contribution is 2.23. The quantitative estimate of drug-likeness (QED) is 0.768. The van der Waals surface area contributed by atoms with Crippen molar-refractivity contribution in [3.63, 3.8) is 0 Å². The fraction of sp³-hybridized carbons (Fsp3) is 0.846. The summed E-state index contributed by atoms with van der Waals surface area (Å²) in [6.45, 7) is 7.76. The smallest absolute Gasteiger partial charge is 0.228 e. The molecule has 2 rings (SSSR count). The first kappa shape index (κ1) is 13.5. The van der Waals surface area contributed by atoms with E-state index in [1.54, 1.807) is 0 Å². The zero-order chi connectivity index (χ0) is 13.0. The molecule has 1 heterocycles. The second-order valence-corrected chi connectivity index (χ2v) is 5.14. The first-order valence-corrected chi connectivity index (χ1v) is 6.88. The van der Waals surface area contributed by atoms with Crippen molar-refractivity contribution in [1.29, 1.82) is 0 Å². The second kappa shape index (κ2) is 6.29. The Kier molecular flexibility index (Phi) is 4.72. The molecule has 0 saturated heterocycles. The van der Waals surface area contributed by atoms with E-state index in [9.17, 15) is 0 Å². The van der Waals surface area contributed by atoms with Gasteiger partial charge in [-0.05, 0) is 25.7 Å². The molecular weight excluding hydrogens is 230 g/mol. The maximum Gasteiger partial charge on any atom is 0.228 e. The number of hydrogen-bond acceptors (Lipinski definition) is 5. The number of nitrogens with zero attached hydrogens (tertiary/aromatic N) is 2. The van der Waals surface area contributed by atoms with Crippen LogP contribution in [0.4, 0.5) is 0 Å². The van der Waals surface area contributed by atoms with Crippen LogP contribution in [0.2, 0.25) is 0 Å². The highest BCUT2D eigenvalue weighted by Gasteiger charge is 2.23. The summed E-state index contributed by atoms with van der Waals surface area (Å²) in [6, 6.07) is 0.722. The summed E-state index contributed by atoms with van der Waals surface area (Å²) in [5.41, 5.74) is 0. The van der Waals surface area contributed by atoms with E-state index in [1.165, 1.54) is 12.8 Å². The van der Waals surface area contributed by atoms with Gasteiger partial charge in [0.25, 0.3) is 0 Å². The molecule has 1 unspecified atom stereocenters. The zero-order valence-corrected chi connectivity index (χ0v) is 11.5. The molecule has 0 spiro atoms. The van der Waals surface area contributed by atoms with Gasteiger partial charge < -0.3 is 14.6 Å². The Morgan fingerprint density at radius 1 is 1.44 bits per heavy atom. The lowest BCUT2D eigenvalue weighted by Crippen LogP contribution is -2.19. The fourth-order valence-corrected chi connectivity index (χ4v) is 1.90. The fourth-order valence-electron chi connectivity index (χ4n) is 1.90. The molecule has 102 valence electrons. The Morgan fingerprint density at radius 3 is 2.83 bits per heavy atom. The van der Waals surface area contributed by atoms with Gasteiger partial charge >= 0.3 is 0 Å². The molecule has 5 nitrogen and oxygen atoms in total. The lowest BCUT2D eigenvalue weighted by Gasteiger charge is -2.16. The summed E-state index contributed by atoms with van der Waals surface area (Å²) in [5.74, 6) is 1.72. The van der Waals surface area contributed by atoms with Crippen LogP contribution >= 0.6 is 0 Å². The van der Waals surface area contributed by atoms with E-state index < -0.39 is 0 Å². The first-order chi connectivity index (χ1) is 8.70. The van der Waals surface area contributed by atoms with Crippen molar-refractivity contribution in [3.05, 3.63) is 11.7 Å². The lowest BCUT2D eigenvalue weighted by atomic mass is 10.1. The normalized spacial score (nSPS) is 17.3. The molecule has 0 aliphatic heterocycles. The van der Waals surface area contributed by atoms with Crippen LogP contribution in [0.1, 0.15) is 51.4 Å². The van der Waals surface area contributed by atoms with Crippen molar-refractivity contribution in [3.8, 4) is 0 Å². The Labute approximate surface area is 108 Å². The van der Waals surface area contributed by atoms with Gasteiger partial charge in [-0.3, -0.25) is 0 Å². The number of aromatic nitrogens is 2. The SMILES string of the molecule is CCOC(c1noc(CCNC2CC2)n1)C(C)C. The number of ether oxygens (including phenoxy) is 1. The topological polar surface area (TPSA) is 60.2 Å². The van der Waals surface area contributed by atoms with Crippen molar-refractivity contribution in [2.45, 2.75) is 52.2 Å². The molecule has 0 aromatic carbocycles. The molecule has 5 heteroatoms. The summed E-state index contributed by atoms with van der Waals surface area (Å²) in [5, 5.41) is 7.46. The van der Waals surface area contributed by atoms with Gasteiger partial charge in [0, 0.05) is 25.6 Å². The highest BCUT2D eigenvalue weighted by molar-refractivity contribution is 4.93. The van der Waals surface area contributed by atoms with E-state index in [4.69, 9.17) is 9.26 Å². The predicted molar refractivity (Wildman–Crippen MR) is 68.2 cm³/mol. The second-order valence-electron chi connectivity index (χ2n) is 5.14. The van der Waals surface area contributed by atoms with Crippen LogP contribution in [-0.4, -0.2) is 29.3 Å². The minimum atomic E-state index is -0.0658. The summed E-state index contributed by atoms with van der Waals surface area (Å²) in [6.07, 6.45) is 3.33. The van der Waals surface area contributed by atoms with E-state index in [-0.39, 0.29) is 6.10 Å². The van der Waals surface area contributed by atoms with E-state index >= 15 is 0 Å². The molecule has 0 bridgehead atoms. The minimum absolute atomic E-state index is 0.0658. The number of nitrogens with one attached hydrogen (secondary N) is 1. The summed E-state index contributed by atoms with van der Waals surface area (Å²) in [4.78, 5) is 4.42. The highest BCUT2D eigenvalue weighted by atomic mass is 16.5. The van der Waals surface area contributed by atoms with Gasteiger partial charge in [-0.15, -0.1) is 0 Å². The van der Waals surface area contributed by atoms with Crippen molar-refractivity contribution in [2.24, 2.45) is 5.92 Å². The van der Waals surface area contributed by atoms with Crippen LogP contribution in [0.25, 0.3) is 0 Å². The number of hydrogen-bond donors (Lipinski definition) is 1. The molecule has 1 fully saturated rings. The Balaban J connectivity index is 1.86. The van der Waals surface area contributed by atoms with Gasteiger partial charge in [-0.2, -0.15) is 4.98 Å². The predicted octanol–water partition coefficient (Wildman–Crippen LogP) is 2.10. The van der Waals surface area contributed by atoms with Gasteiger partial charge in [-0.1, -0.05) is 19.0 Å². The maximum atomic E-state index is 5.65. The molecule has 18 heavy (non-hydrogen) atoms. The van der Waals surface area contributed by atoms with Crippen molar-refractivity contribution >= 4 is 0 Å². The van der Waals surface area contributed by atoms with E-state index in [0.717, 1.165) is 19.0 Å². The van der Waals surface area contributed by atoms with Crippen LogP contribution in [0.15, 0.2) is 4.52 Å². The van der Waals surface area contributed by atoms with Crippen molar-refractivity contribution in [1.82, 2.24) is 15.5 Å². The maximum absolute atomic E-state index is 5.65. The third-order valence-electron chi connectivity index (χ3n) is 3.04. The average Bonchev–Trinajstić information content (AvgIpc) is 3.04. The van der Waals surface area contributed by atoms with Crippen molar-refractivity contribution in [2.75, 3.05) is 13.2 Å². The monoisotopic (exact) mass is 253 g/mol. The Hall–Kier alpha value is -0.940. The molecule has 0 radical (unpaired) electrons. The Bertz CT molecular complexity index is 361. The van der Waals surface area contributed by atoms with Gasteiger partial charge in [0.15, 0.2) is 0 Å². The first-order valence-electron chi connectivity index (χ1n) is 6.88. The molecule has 1 aliphatic rings. The van der Waals surface area contributed by atoms with Crippen LogP contribution in [-0.2, 0) is 11.2 Å². The third-order valence-corrected chi connectivity index (χ3v) is 3.04. The standard InChI is InChI=1S/C13H23N3O2/c1-4-17-12(9(2)3)13-15-11(18-16-13)7-8-14-10-5-6-10/h9-10,12,14H,4-8H2,1-3H3. The minimum Gasteiger partial charge on any atom is -0.370 e. The third kappa shape index (κ3) is 3.78. The molecule has 0 amide bonds. The van der Waals surface area contributed by atoms with Crippen LogP contribution in [0, 0.1) is 5.92 Å². The van der Waals surface area contributed by atoms with Gasteiger partial charge in [0.05, 0.1) is 0 Å². The van der Waals surface area contributed by atoms with Gasteiger partial charge in [-0.25, -0.2) is 0 Å². The van der Waals surface area contributed by atoms with Crippen LogP contribution < -0.4 is 5.32 Å². The van der Waals surface area contributed by atoms with E-state index in [0.29, 0.717) is 24.2 Å². The van der Waals surface area contributed by atoms with Gasteiger partial charge in [0.2, 0.25) is 11.7 Å². The molecular formula is C13H23N3O2. The van der Waals surface area contributed by atoms with Crippen LogP contribution in [0.5, 0.6) is 0 Å². The number of rotatable bonds is 8. The lowest BCUT2D eigenvalue weighted by molar-refractivity contribution is 0.0217. The summed E-state index contributed by atoms with van der Waals surface area (Å²) >= 11 is 0. The largest absolute Gasteiger partial charge is 0.370 e.